The number of aromatic nitrogens is 1. The van der Waals surface area contributed by atoms with Crippen LogP contribution in [0.2, 0.25) is 0 Å². The fourth-order valence-corrected chi connectivity index (χ4v) is 3.54. The summed E-state index contributed by atoms with van der Waals surface area (Å²) in [6, 6.07) is 20.3. The number of anilines is 2. The Balaban J connectivity index is 1.38. The minimum absolute atomic E-state index is 0.281. The molecule has 0 spiro atoms. The van der Waals surface area contributed by atoms with E-state index in [1.165, 1.54) is 0 Å². The Hall–Kier alpha value is -4.46. The van der Waals surface area contributed by atoms with E-state index >= 15 is 0 Å². The van der Waals surface area contributed by atoms with Gasteiger partial charge in [0.2, 0.25) is 0 Å². The van der Waals surface area contributed by atoms with Gasteiger partial charge in [-0.3, -0.25) is 4.98 Å². The monoisotopic (exact) mass is 472 g/mol. The quantitative estimate of drug-likeness (QED) is 0.356. The van der Waals surface area contributed by atoms with Gasteiger partial charge in [0, 0.05) is 49.7 Å². The molecule has 0 atom stereocenters. The predicted octanol–water partition coefficient (Wildman–Crippen LogP) is 5.43. The number of fused-ring (bicyclic) bond motifs is 1. The zero-order chi connectivity index (χ0) is 24.8. The normalized spacial score (nSPS) is 10.5. The number of hydrogen-bond acceptors (Lipinski definition) is 6. The van der Waals surface area contributed by atoms with Gasteiger partial charge in [-0.2, -0.15) is 0 Å². The fourth-order valence-electron chi connectivity index (χ4n) is 3.54. The van der Waals surface area contributed by atoms with E-state index in [4.69, 9.17) is 14.2 Å². The van der Waals surface area contributed by atoms with Gasteiger partial charge in [-0.15, -0.1) is 0 Å². The lowest BCUT2D eigenvalue weighted by molar-refractivity contribution is 0.251. The largest absolute Gasteiger partial charge is 0.493 e. The number of carbonyl (C=O) groups excluding carboxylic acids is 1. The van der Waals surface area contributed by atoms with Gasteiger partial charge in [-0.25, -0.2) is 4.79 Å². The van der Waals surface area contributed by atoms with Gasteiger partial charge in [0.25, 0.3) is 0 Å². The first-order chi connectivity index (χ1) is 17.0. The fraction of sp³-hybridized carbons (Fsp3) is 0.185. The molecule has 180 valence electrons. The summed E-state index contributed by atoms with van der Waals surface area (Å²) in [6.07, 6.45) is 1.68. The van der Waals surface area contributed by atoms with Crippen molar-refractivity contribution in [2.24, 2.45) is 0 Å². The van der Waals surface area contributed by atoms with Crippen LogP contribution in [0.4, 0.5) is 16.2 Å². The lowest BCUT2D eigenvalue weighted by atomic mass is 10.2. The molecule has 0 aliphatic heterocycles. The van der Waals surface area contributed by atoms with Crippen molar-refractivity contribution in [1.29, 1.82) is 0 Å². The van der Waals surface area contributed by atoms with Crippen molar-refractivity contribution in [3.05, 3.63) is 78.5 Å². The summed E-state index contributed by atoms with van der Waals surface area (Å²) >= 11 is 0. The number of ether oxygens (including phenoxy) is 3. The molecule has 1 aromatic heterocycles. The molecule has 4 aromatic rings. The maximum absolute atomic E-state index is 12.3. The number of nitrogens with zero attached hydrogens (tertiary/aromatic N) is 2. The second kappa shape index (κ2) is 10.6. The molecule has 0 radical (unpaired) electrons. The van der Waals surface area contributed by atoms with Crippen molar-refractivity contribution >= 4 is 28.3 Å². The molecule has 0 unspecified atom stereocenters. The van der Waals surface area contributed by atoms with Crippen molar-refractivity contribution in [3.63, 3.8) is 0 Å². The highest BCUT2D eigenvalue weighted by Gasteiger charge is 2.11. The molecule has 8 nitrogen and oxygen atoms in total. The number of carbonyl (C=O) groups is 1. The lowest BCUT2D eigenvalue weighted by Crippen LogP contribution is -2.28. The summed E-state index contributed by atoms with van der Waals surface area (Å²) in [7, 11) is 7.15. The van der Waals surface area contributed by atoms with Gasteiger partial charge in [0.1, 0.15) is 11.5 Å². The van der Waals surface area contributed by atoms with Crippen LogP contribution in [0.25, 0.3) is 10.9 Å². The zero-order valence-corrected chi connectivity index (χ0v) is 20.2. The Morgan fingerprint density at radius 3 is 2.23 bits per heavy atom. The van der Waals surface area contributed by atoms with Crippen LogP contribution in [0, 0.1) is 0 Å². The zero-order valence-electron chi connectivity index (χ0n) is 20.2. The van der Waals surface area contributed by atoms with Crippen LogP contribution >= 0.6 is 0 Å². The number of amides is 2. The Bertz CT molecular complexity index is 1310. The molecule has 4 rings (SSSR count). The maximum atomic E-state index is 12.3. The van der Waals surface area contributed by atoms with E-state index in [1.807, 2.05) is 55.4 Å². The third-order valence-corrected chi connectivity index (χ3v) is 5.45. The molecule has 2 amide bonds. The van der Waals surface area contributed by atoms with Gasteiger partial charge < -0.3 is 29.7 Å². The van der Waals surface area contributed by atoms with Crippen molar-refractivity contribution in [2.75, 3.05) is 38.5 Å². The van der Waals surface area contributed by atoms with Gasteiger partial charge >= 0.3 is 6.03 Å². The highest BCUT2D eigenvalue weighted by atomic mass is 16.5. The molecule has 0 aliphatic rings. The molecule has 0 bridgehead atoms. The highest BCUT2D eigenvalue weighted by Crippen LogP contribution is 2.36. The van der Waals surface area contributed by atoms with Crippen molar-refractivity contribution in [2.45, 2.75) is 6.54 Å². The van der Waals surface area contributed by atoms with Crippen LogP contribution < -0.4 is 29.7 Å². The highest BCUT2D eigenvalue weighted by molar-refractivity contribution is 5.90. The topological polar surface area (TPSA) is 85.0 Å². The summed E-state index contributed by atoms with van der Waals surface area (Å²) in [5.41, 5.74) is 3.52. The summed E-state index contributed by atoms with van der Waals surface area (Å²) in [5, 5.41) is 6.50. The SMILES string of the molecule is COc1cc2nccc(Oc3ccc(NC(=O)NCc4ccc(N(C)C)cc4)cc3)c2cc1OC. The van der Waals surface area contributed by atoms with Crippen LogP contribution in [-0.4, -0.2) is 39.3 Å². The Kier molecular flexibility index (Phi) is 7.21. The van der Waals surface area contributed by atoms with Gasteiger partial charge in [-0.05, 0) is 54.1 Å². The van der Waals surface area contributed by atoms with Crippen LogP contribution in [0.15, 0.2) is 72.9 Å². The van der Waals surface area contributed by atoms with E-state index in [9.17, 15) is 4.79 Å². The van der Waals surface area contributed by atoms with E-state index in [0.717, 1.165) is 22.2 Å². The number of nitrogens with one attached hydrogen (secondary N) is 2. The molecule has 0 saturated heterocycles. The summed E-state index contributed by atoms with van der Waals surface area (Å²) in [6.45, 7) is 0.435. The van der Waals surface area contributed by atoms with Gasteiger partial charge in [-0.1, -0.05) is 12.1 Å². The predicted molar refractivity (Wildman–Crippen MR) is 138 cm³/mol. The summed E-state index contributed by atoms with van der Waals surface area (Å²) in [5.74, 6) is 2.45. The Morgan fingerprint density at radius 1 is 0.886 bits per heavy atom. The van der Waals surface area contributed by atoms with Crippen LogP contribution in [0.5, 0.6) is 23.0 Å². The van der Waals surface area contributed by atoms with Crippen molar-refractivity contribution < 1.29 is 19.0 Å². The minimum atomic E-state index is -0.281. The first kappa shape index (κ1) is 23.7. The molecule has 35 heavy (non-hydrogen) atoms. The molecule has 0 fully saturated rings. The lowest BCUT2D eigenvalue weighted by Gasteiger charge is -2.13. The first-order valence-corrected chi connectivity index (χ1v) is 11.1. The van der Waals surface area contributed by atoms with Crippen molar-refractivity contribution in [1.82, 2.24) is 10.3 Å². The van der Waals surface area contributed by atoms with E-state index in [2.05, 4.69) is 15.6 Å². The number of benzene rings is 3. The van der Waals surface area contributed by atoms with E-state index in [-0.39, 0.29) is 6.03 Å². The molecule has 1 heterocycles. The second-order valence-electron chi connectivity index (χ2n) is 8.03. The van der Waals surface area contributed by atoms with E-state index in [1.54, 1.807) is 50.7 Å². The molecule has 8 heteroatoms. The maximum Gasteiger partial charge on any atom is 0.319 e. The number of urea groups is 1. The Labute approximate surface area is 204 Å². The molecule has 3 aromatic carbocycles. The molecular formula is C27H28N4O4. The van der Waals surface area contributed by atoms with Crippen molar-refractivity contribution in [3.8, 4) is 23.0 Å². The third-order valence-electron chi connectivity index (χ3n) is 5.45. The standard InChI is InChI=1S/C27H28N4O4/c1-31(2)20-9-5-18(6-10-20)17-29-27(32)30-19-7-11-21(12-8-19)35-24-13-14-28-23-16-26(34-4)25(33-3)15-22(23)24/h5-16H,17H2,1-4H3,(H2,29,30,32). The van der Waals surface area contributed by atoms with Gasteiger partial charge in [0.15, 0.2) is 11.5 Å². The summed E-state index contributed by atoms with van der Waals surface area (Å²) in [4.78, 5) is 18.7. The molecular weight excluding hydrogens is 444 g/mol. The number of pyridine rings is 1. The molecule has 0 saturated carbocycles. The van der Waals surface area contributed by atoms with E-state index < -0.39 is 0 Å². The first-order valence-electron chi connectivity index (χ1n) is 11.1. The average Bonchev–Trinajstić information content (AvgIpc) is 2.88. The molecule has 0 aliphatic carbocycles. The smallest absolute Gasteiger partial charge is 0.319 e. The number of methoxy groups -OCH3 is 2. The average molecular weight is 473 g/mol. The second-order valence-corrected chi connectivity index (χ2v) is 8.03. The number of rotatable bonds is 8. The van der Waals surface area contributed by atoms with Gasteiger partial charge in [0.05, 0.1) is 19.7 Å². The summed E-state index contributed by atoms with van der Waals surface area (Å²) < 4.78 is 16.9. The third kappa shape index (κ3) is 5.73. The van der Waals surface area contributed by atoms with Crippen LogP contribution in [0.1, 0.15) is 5.56 Å². The Morgan fingerprint density at radius 2 is 1.57 bits per heavy atom. The van der Waals surface area contributed by atoms with Crippen LogP contribution in [0.3, 0.4) is 0 Å². The van der Waals surface area contributed by atoms with E-state index in [0.29, 0.717) is 35.2 Å². The van der Waals surface area contributed by atoms with Crippen LogP contribution in [-0.2, 0) is 6.54 Å². The number of hydrogen-bond donors (Lipinski definition) is 2. The minimum Gasteiger partial charge on any atom is -0.493 e. The molecule has 2 N–H and O–H groups in total.